The SMILES string of the molecule is CCC[C@H](C)Oc1cc(-n2nc3n(c2=O)CCCC3)c(F)cc1C(=O)Nc1c(C)cccc1C(F)(F)F. The van der Waals surface area contributed by atoms with Gasteiger partial charge in [0.15, 0.2) is 0 Å². The monoisotopic (exact) mass is 520 g/mol. The summed E-state index contributed by atoms with van der Waals surface area (Å²) in [7, 11) is 0. The summed E-state index contributed by atoms with van der Waals surface area (Å²) < 4.78 is 64.5. The fourth-order valence-corrected chi connectivity index (χ4v) is 4.47. The normalized spacial score (nSPS) is 14.2. The predicted octanol–water partition coefficient (Wildman–Crippen LogP) is 5.66. The Kier molecular flexibility index (Phi) is 7.42. The van der Waals surface area contributed by atoms with Crippen LogP contribution in [0.4, 0.5) is 23.2 Å². The summed E-state index contributed by atoms with van der Waals surface area (Å²) in [6.07, 6.45) is -1.46. The Bertz CT molecular complexity index is 1380. The summed E-state index contributed by atoms with van der Waals surface area (Å²) >= 11 is 0. The highest BCUT2D eigenvalue weighted by Crippen LogP contribution is 2.37. The second-order valence-corrected chi connectivity index (χ2v) is 9.19. The van der Waals surface area contributed by atoms with Gasteiger partial charge in [-0.15, -0.1) is 5.10 Å². The van der Waals surface area contributed by atoms with Crippen LogP contribution in [0.5, 0.6) is 5.75 Å². The van der Waals surface area contributed by atoms with E-state index in [-0.39, 0.29) is 28.7 Å². The number of fused-ring (bicyclic) bond motifs is 1. The number of anilines is 1. The van der Waals surface area contributed by atoms with E-state index in [1.807, 2.05) is 6.92 Å². The first-order valence-electron chi connectivity index (χ1n) is 12.2. The Balaban J connectivity index is 1.79. The van der Waals surface area contributed by atoms with E-state index < -0.39 is 34.8 Å². The molecule has 0 aliphatic carbocycles. The largest absolute Gasteiger partial charge is 0.490 e. The molecule has 7 nitrogen and oxygen atoms in total. The number of carbonyl (C=O) groups excluding carboxylic acids is 1. The van der Waals surface area contributed by atoms with Crippen LogP contribution in [-0.2, 0) is 19.1 Å². The molecule has 0 fully saturated rings. The van der Waals surface area contributed by atoms with Gasteiger partial charge in [0.1, 0.15) is 23.1 Å². The highest BCUT2D eigenvalue weighted by molar-refractivity contribution is 6.07. The van der Waals surface area contributed by atoms with E-state index in [0.717, 1.165) is 36.1 Å². The molecule has 4 rings (SSSR count). The van der Waals surface area contributed by atoms with Gasteiger partial charge in [0.25, 0.3) is 5.91 Å². The number of para-hydroxylation sites is 1. The molecule has 2 aromatic carbocycles. The fourth-order valence-electron chi connectivity index (χ4n) is 4.47. The van der Waals surface area contributed by atoms with Crippen molar-refractivity contribution in [3.8, 4) is 11.4 Å². The number of benzene rings is 2. The van der Waals surface area contributed by atoms with Crippen molar-refractivity contribution in [2.75, 3.05) is 5.32 Å². The lowest BCUT2D eigenvalue weighted by atomic mass is 10.1. The molecule has 2 heterocycles. The van der Waals surface area contributed by atoms with Crippen molar-refractivity contribution in [1.29, 1.82) is 0 Å². The van der Waals surface area contributed by atoms with Crippen LogP contribution in [0.3, 0.4) is 0 Å². The number of nitrogens with zero attached hydrogens (tertiary/aromatic N) is 3. The number of rotatable bonds is 7. The molecule has 1 aliphatic heterocycles. The fraction of sp³-hybridized carbons (Fsp3) is 0.423. The molecular formula is C26H28F4N4O3. The minimum Gasteiger partial charge on any atom is -0.490 e. The highest BCUT2D eigenvalue weighted by Gasteiger charge is 2.35. The number of aryl methyl sites for hydroxylation is 2. The zero-order chi connectivity index (χ0) is 26.9. The van der Waals surface area contributed by atoms with Gasteiger partial charge < -0.3 is 10.1 Å². The number of nitrogens with one attached hydrogen (secondary N) is 1. The summed E-state index contributed by atoms with van der Waals surface area (Å²) in [5, 5.41) is 6.57. The maximum absolute atomic E-state index is 15.4. The Morgan fingerprint density at radius 3 is 2.68 bits per heavy atom. The molecule has 0 saturated carbocycles. The van der Waals surface area contributed by atoms with Crippen molar-refractivity contribution < 1.29 is 27.1 Å². The lowest BCUT2D eigenvalue weighted by Crippen LogP contribution is -2.27. The third-order valence-electron chi connectivity index (χ3n) is 6.33. The van der Waals surface area contributed by atoms with E-state index in [9.17, 15) is 22.8 Å². The van der Waals surface area contributed by atoms with E-state index in [1.54, 1.807) is 6.92 Å². The van der Waals surface area contributed by atoms with Gasteiger partial charge in [0, 0.05) is 19.0 Å². The predicted molar refractivity (Wildman–Crippen MR) is 130 cm³/mol. The number of hydrogen-bond acceptors (Lipinski definition) is 4. The van der Waals surface area contributed by atoms with E-state index in [1.165, 1.54) is 29.7 Å². The smallest absolute Gasteiger partial charge is 0.418 e. The zero-order valence-corrected chi connectivity index (χ0v) is 20.8. The number of amides is 1. The second kappa shape index (κ2) is 10.4. The van der Waals surface area contributed by atoms with E-state index in [2.05, 4.69) is 10.4 Å². The van der Waals surface area contributed by atoms with Gasteiger partial charge in [0.05, 0.1) is 22.9 Å². The van der Waals surface area contributed by atoms with Gasteiger partial charge in [-0.05, 0) is 50.8 Å². The number of aromatic nitrogens is 3. The number of hydrogen-bond donors (Lipinski definition) is 1. The quantitative estimate of drug-likeness (QED) is 0.408. The Hall–Kier alpha value is -3.63. The van der Waals surface area contributed by atoms with Gasteiger partial charge in [-0.2, -0.15) is 17.9 Å². The molecule has 11 heteroatoms. The molecule has 0 saturated heterocycles. The van der Waals surface area contributed by atoms with Gasteiger partial charge in [-0.25, -0.2) is 9.18 Å². The first-order valence-corrected chi connectivity index (χ1v) is 12.2. The molecule has 0 radical (unpaired) electrons. The molecule has 1 N–H and O–H groups in total. The number of alkyl halides is 3. The Morgan fingerprint density at radius 1 is 1.24 bits per heavy atom. The highest BCUT2D eigenvalue weighted by atomic mass is 19.4. The van der Waals surface area contributed by atoms with Crippen LogP contribution in [0, 0.1) is 12.7 Å². The average Bonchev–Trinajstić information content (AvgIpc) is 3.17. The summed E-state index contributed by atoms with van der Waals surface area (Å²) in [5.41, 5.74) is -2.25. The molecule has 0 unspecified atom stereocenters. The number of carbonyl (C=O) groups is 1. The standard InChI is InChI=1S/C26H28F4N4O3/c1-4-8-16(3)37-21-14-20(34-25(36)33-12-6-5-11-22(33)32-34)19(27)13-17(21)24(35)31-23-15(2)9-7-10-18(23)26(28,29)30/h7,9-10,13-14,16H,4-6,8,11-12H2,1-3H3,(H,31,35)/t16-/m0/s1. The molecule has 0 bridgehead atoms. The van der Waals surface area contributed by atoms with Crippen LogP contribution >= 0.6 is 0 Å². The number of halogens is 4. The molecule has 1 amide bonds. The Morgan fingerprint density at radius 2 is 2.00 bits per heavy atom. The van der Waals surface area contributed by atoms with Crippen molar-refractivity contribution in [2.45, 2.75) is 71.7 Å². The first kappa shape index (κ1) is 26.4. The molecule has 37 heavy (non-hydrogen) atoms. The van der Waals surface area contributed by atoms with Crippen LogP contribution in [0.15, 0.2) is 35.1 Å². The van der Waals surface area contributed by atoms with Gasteiger partial charge in [-0.1, -0.05) is 25.5 Å². The second-order valence-electron chi connectivity index (χ2n) is 9.19. The van der Waals surface area contributed by atoms with E-state index >= 15 is 4.39 Å². The first-order chi connectivity index (χ1) is 17.5. The van der Waals surface area contributed by atoms with Crippen molar-refractivity contribution in [3.05, 3.63) is 69.1 Å². The van der Waals surface area contributed by atoms with Crippen molar-refractivity contribution in [2.24, 2.45) is 0 Å². The Labute approximate surface area is 211 Å². The van der Waals surface area contributed by atoms with Crippen LogP contribution in [0.2, 0.25) is 0 Å². The minimum absolute atomic E-state index is 0.0603. The molecular weight excluding hydrogens is 492 g/mol. The van der Waals surface area contributed by atoms with Crippen LogP contribution in [0.25, 0.3) is 5.69 Å². The molecule has 1 aliphatic rings. The van der Waals surface area contributed by atoms with Crippen LogP contribution < -0.4 is 15.7 Å². The molecule has 3 aromatic rings. The lowest BCUT2D eigenvalue weighted by molar-refractivity contribution is -0.136. The minimum atomic E-state index is -4.71. The average molecular weight is 521 g/mol. The summed E-state index contributed by atoms with van der Waals surface area (Å²) in [6, 6.07) is 5.61. The topological polar surface area (TPSA) is 78.2 Å². The maximum atomic E-state index is 15.4. The van der Waals surface area contributed by atoms with Crippen molar-refractivity contribution in [1.82, 2.24) is 14.3 Å². The van der Waals surface area contributed by atoms with Gasteiger partial charge in [0.2, 0.25) is 0 Å². The number of ether oxygens (including phenoxy) is 1. The van der Waals surface area contributed by atoms with Crippen LogP contribution in [0.1, 0.15) is 66.8 Å². The van der Waals surface area contributed by atoms with Crippen molar-refractivity contribution >= 4 is 11.6 Å². The molecule has 0 spiro atoms. The third-order valence-corrected chi connectivity index (χ3v) is 6.33. The lowest BCUT2D eigenvalue weighted by Gasteiger charge is -2.20. The summed E-state index contributed by atoms with van der Waals surface area (Å²) in [6.45, 7) is 5.61. The van der Waals surface area contributed by atoms with Gasteiger partial charge >= 0.3 is 11.9 Å². The van der Waals surface area contributed by atoms with Gasteiger partial charge in [-0.3, -0.25) is 9.36 Å². The third kappa shape index (κ3) is 5.40. The van der Waals surface area contributed by atoms with Crippen molar-refractivity contribution in [3.63, 3.8) is 0 Å². The summed E-state index contributed by atoms with van der Waals surface area (Å²) in [5.74, 6) is -1.42. The van der Waals surface area contributed by atoms with E-state index in [4.69, 9.17) is 4.74 Å². The van der Waals surface area contributed by atoms with E-state index in [0.29, 0.717) is 25.2 Å². The summed E-state index contributed by atoms with van der Waals surface area (Å²) in [4.78, 5) is 26.1. The molecule has 198 valence electrons. The maximum Gasteiger partial charge on any atom is 0.418 e. The molecule has 1 aromatic heterocycles. The molecule has 1 atom stereocenters. The van der Waals surface area contributed by atoms with Crippen LogP contribution in [-0.4, -0.2) is 26.4 Å². The zero-order valence-electron chi connectivity index (χ0n) is 20.8.